The van der Waals surface area contributed by atoms with Crippen molar-refractivity contribution < 1.29 is 0 Å². The Hall–Kier alpha value is -8.53. The molecule has 2 aromatic heterocycles. The standard InChI is InChI=1S/C62H39N3/c1-3-17-41(18-4-1)56-39-57(42-19-5-2-6-20-42)65-61(64-56)47-24-16-23-46(38-47)45-22-15-21-44(37-45)40-33-35-43(36-34-40)60-58-50-27-9-13-31-54(50)62(59(58)51-28-10-14-32-55(51)63-60)52-29-11-7-25-48(52)49-26-8-12-30-53(49)62/h1-39H. The van der Waals surface area contributed by atoms with E-state index in [1.54, 1.807) is 0 Å². The predicted octanol–water partition coefficient (Wildman–Crippen LogP) is 15.4. The van der Waals surface area contributed by atoms with Gasteiger partial charge in [0.1, 0.15) is 0 Å². The van der Waals surface area contributed by atoms with E-state index in [2.05, 4.69) is 224 Å². The smallest absolute Gasteiger partial charge is 0.160 e. The Morgan fingerprint density at radius 1 is 0.292 bits per heavy atom. The third-order valence-corrected chi connectivity index (χ3v) is 13.5. The minimum Gasteiger partial charge on any atom is -0.247 e. The van der Waals surface area contributed by atoms with Gasteiger partial charge in [-0.05, 0) is 85.5 Å². The zero-order valence-corrected chi connectivity index (χ0v) is 35.4. The first-order chi connectivity index (χ1) is 32.2. The molecule has 0 fully saturated rings. The van der Waals surface area contributed by atoms with Crippen LogP contribution in [0, 0.1) is 0 Å². The fourth-order valence-electron chi connectivity index (χ4n) is 10.7. The third kappa shape index (κ3) is 5.79. The molecule has 9 aromatic carbocycles. The summed E-state index contributed by atoms with van der Waals surface area (Å²) in [5.41, 5.74) is 22.4. The summed E-state index contributed by atoms with van der Waals surface area (Å²) in [5.74, 6) is 0.697. The van der Waals surface area contributed by atoms with E-state index in [-0.39, 0.29) is 0 Å². The van der Waals surface area contributed by atoms with Crippen molar-refractivity contribution in [2.75, 3.05) is 0 Å². The van der Waals surface area contributed by atoms with Gasteiger partial charge in [0.25, 0.3) is 0 Å². The molecule has 1 spiro atoms. The largest absolute Gasteiger partial charge is 0.247 e. The molecular formula is C62H39N3. The monoisotopic (exact) mass is 825 g/mol. The van der Waals surface area contributed by atoms with Gasteiger partial charge in [-0.2, -0.15) is 0 Å². The molecule has 0 aliphatic heterocycles. The molecular weight excluding hydrogens is 787 g/mol. The van der Waals surface area contributed by atoms with Crippen LogP contribution in [0.3, 0.4) is 0 Å². The number of benzene rings is 9. The van der Waals surface area contributed by atoms with E-state index in [4.69, 9.17) is 15.0 Å². The second-order valence-corrected chi connectivity index (χ2v) is 17.0. The normalized spacial score (nSPS) is 12.7. The second kappa shape index (κ2) is 14.8. The zero-order valence-electron chi connectivity index (χ0n) is 35.4. The van der Waals surface area contributed by atoms with Gasteiger partial charge in [-0.25, -0.2) is 15.0 Å². The van der Waals surface area contributed by atoms with Crippen molar-refractivity contribution >= 4 is 10.9 Å². The van der Waals surface area contributed by atoms with Gasteiger partial charge in [0, 0.05) is 33.2 Å². The Morgan fingerprint density at radius 2 is 0.738 bits per heavy atom. The quantitative estimate of drug-likeness (QED) is 0.168. The molecule has 2 heterocycles. The Kier molecular flexibility index (Phi) is 8.44. The van der Waals surface area contributed by atoms with Gasteiger partial charge in [0.15, 0.2) is 5.82 Å². The number of aromatic nitrogens is 3. The van der Waals surface area contributed by atoms with Gasteiger partial charge in [0.05, 0.1) is 28.0 Å². The fourth-order valence-corrected chi connectivity index (χ4v) is 10.7. The van der Waals surface area contributed by atoms with E-state index in [9.17, 15) is 0 Å². The van der Waals surface area contributed by atoms with Gasteiger partial charge in [-0.1, -0.05) is 212 Å². The molecule has 0 radical (unpaired) electrons. The maximum atomic E-state index is 5.51. The highest BCUT2D eigenvalue weighted by Crippen LogP contribution is 2.65. The van der Waals surface area contributed by atoms with Crippen LogP contribution in [0.2, 0.25) is 0 Å². The SMILES string of the molecule is c1ccc(-c2cc(-c3ccccc3)nc(-c3cccc(-c4cccc(-c5ccc(-c6nc7ccccc7c7c6-c6ccccc6C76c7ccccc7-c7ccccc76)cc5)c4)c3)n2)cc1. The second-order valence-electron chi connectivity index (χ2n) is 17.0. The van der Waals surface area contributed by atoms with E-state index < -0.39 is 5.41 Å². The van der Waals surface area contributed by atoms with Crippen LogP contribution in [0.1, 0.15) is 22.3 Å². The first kappa shape index (κ1) is 37.1. The summed E-state index contributed by atoms with van der Waals surface area (Å²) >= 11 is 0. The lowest BCUT2D eigenvalue weighted by molar-refractivity contribution is 0.801. The molecule has 11 aromatic rings. The van der Waals surface area contributed by atoms with Crippen LogP contribution in [0.15, 0.2) is 237 Å². The van der Waals surface area contributed by atoms with Crippen molar-refractivity contribution in [3.63, 3.8) is 0 Å². The first-order valence-corrected chi connectivity index (χ1v) is 22.3. The lowest BCUT2D eigenvalue weighted by atomic mass is 9.69. The molecule has 0 N–H and O–H groups in total. The van der Waals surface area contributed by atoms with E-state index >= 15 is 0 Å². The molecule has 0 saturated heterocycles. The van der Waals surface area contributed by atoms with Gasteiger partial charge in [-0.15, -0.1) is 0 Å². The molecule has 0 saturated carbocycles. The molecule has 3 heteroatoms. The Morgan fingerprint density at radius 3 is 1.35 bits per heavy atom. The summed E-state index contributed by atoms with van der Waals surface area (Å²) in [5, 5.41) is 1.19. The summed E-state index contributed by atoms with van der Waals surface area (Å²) in [7, 11) is 0. The molecule has 0 unspecified atom stereocenters. The van der Waals surface area contributed by atoms with Crippen molar-refractivity contribution in [2.45, 2.75) is 5.41 Å². The van der Waals surface area contributed by atoms with Crippen molar-refractivity contribution in [1.82, 2.24) is 15.0 Å². The number of fused-ring (bicyclic) bond motifs is 12. The molecule has 65 heavy (non-hydrogen) atoms. The van der Waals surface area contributed by atoms with Gasteiger partial charge in [0.2, 0.25) is 0 Å². The Bertz CT molecular complexity index is 3550. The average Bonchev–Trinajstić information content (AvgIpc) is 3.87. The van der Waals surface area contributed by atoms with E-state index in [0.29, 0.717) is 5.82 Å². The molecule has 2 aliphatic carbocycles. The van der Waals surface area contributed by atoms with Crippen LogP contribution >= 0.6 is 0 Å². The number of para-hydroxylation sites is 1. The van der Waals surface area contributed by atoms with Crippen molar-refractivity contribution in [3.05, 3.63) is 259 Å². The summed E-state index contributed by atoms with van der Waals surface area (Å²) in [6, 6.07) is 84.9. The van der Waals surface area contributed by atoms with Crippen LogP contribution in [0.25, 0.3) is 101 Å². The number of pyridine rings is 1. The van der Waals surface area contributed by atoms with Crippen LogP contribution in [0.5, 0.6) is 0 Å². The summed E-state index contributed by atoms with van der Waals surface area (Å²) in [6.07, 6.45) is 0. The summed E-state index contributed by atoms with van der Waals surface area (Å²) in [4.78, 5) is 15.7. The van der Waals surface area contributed by atoms with Crippen molar-refractivity contribution in [3.8, 4) is 89.7 Å². The Balaban J connectivity index is 0.902. The van der Waals surface area contributed by atoms with E-state index in [1.165, 1.54) is 49.9 Å². The highest BCUT2D eigenvalue weighted by Gasteiger charge is 2.53. The molecule has 0 bridgehead atoms. The summed E-state index contributed by atoms with van der Waals surface area (Å²) in [6.45, 7) is 0. The maximum absolute atomic E-state index is 5.51. The van der Waals surface area contributed by atoms with Gasteiger partial charge in [-0.3, -0.25) is 0 Å². The van der Waals surface area contributed by atoms with Crippen LogP contribution in [-0.4, -0.2) is 15.0 Å². The summed E-state index contributed by atoms with van der Waals surface area (Å²) < 4.78 is 0. The molecule has 2 aliphatic rings. The average molecular weight is 826 g/mol. The van der Waals surface area contributed by atoms with E-state index in [1.807, 2.05) is 12.1 Å². The van der Waals surface area contributed by atoms with Crippen LogP contribution in [0.4, 0.5) is 0 Å². The van der Waals surface area contributed by atoms with Gasteiger partial charge >= 0.3 is 0 Å². The van der Waals surface area contributed by atoms with Crippen LogP contribution < -0.4 is 0 Å². The minimum absolute atomic E-state index is 0.463. The highest BCUT2D eigenvalue weighted by atomic mass is 14.9. The maximum Gasteiger partial charge on any atom is 0.160 e. The number of hydrogen-bond acceptors (Lipinski definition) is 3. The van der Waals surface area contributed by atoms with Crippen molar-refractivity contribution in [2.24, 2.45) is 0 Å². The van der Waals surface area contributed by atoms with Crippen LogP contribution in [-0.2, 0) is 5.41 Å². The molecule has 13 rings (SSSR count). The Labute approximate surface area is 378 Å². The highest BCUT2D eigenvalue weighted by molar-refractivity contribution is 6.06. The zero-order chi connectivity index (χ0) is 42.9. The first-order valence-electron chi connectivity index (χ1n) is 22.3. The predicted molar refractivity (Wildman–Crippen MR) is 266 cm³/mol. The number of rotatable bonds is 6. The molecule has 3 nitrogen and oxygen atoms in total. The number of nitrogens with zero attached hydrogens (tertiary/aromatic N) is 3. The van der Waals surface area contributed by atoms with Crippen molar-refractivity contribution in [1.29, 1.82) is 0 Å². The third-order valence-electron chi connectivity index (χ3n) is 13.5. The fraction of sp³-hybridized carbons (Fsp3) is 0.0161. The topological polar surface area (TPSA) is 38.7 Å². The van der Waals surface area contributed by atoms with E-state index in [0.717, 1.165) is 67.1 Å². The lowest BCUT2D eigenvalue weighted by Crippen LogP contribution is -2.26. The lowest BCUT2D eigenvalue weighted by Gasteiger charge is -2.31. The molecule has 302 valence electrons. The molecule has 0 atom stereocenters. The molecule has 0 amide bonds. The minimum atomic E-state index is -0.463. The van der Waals surface area contributed by atoms with Gasteiger partial charge < -0.3 is 0 Å². The number of hydrogen-bond donors (Lipinski definition) is 0.